The third-order valence-corrected chi connectivity index (χ3v) is 2.70. The lowest BCUT2D eigenvalue weighted by Gasteiger charge is -2.05. The van der Waals surface area contributed by atoms with E-state index in [9.17, 15) is 4.79 Å². The summed E-state index contributed by atoms with van der Waals surface area (Å²) in [7, 11) is 0. The zero-order valence-corrected chi connectivity index (χ0v) is 11.8. The quantitative estimate of drug-likeness (QED) is 0.669. The molecule has 0 aliphatic carbocycles. The van der Waals surface area contributed by atoms with Gasteiger partial charge in [0.1, 0.15) is 5.92 Å². The van der Waals surface area contributed by atoms with E-state index < -0.39 is 5.92 Å². The van der Waals surface area contributed by atoms with E-state index in [0.29, 0.717) is 0 Å². The highest BCUT2D eigenvalue weighted by molar-refractivity contribution is 5.87. The number of hydrogen-bond acceptors (Lipinski definition) is 2. The van der Waals surface area contributed by atoms with Gasteiger partial charge >= 0.3 is 0 Å². The fraction of sp³-hybridized carbons (Fsp3) is 0.133. The number of hydrogen-bond donors (Lipinski definition) is 0. The van der Waals surface area contributed by atoms with Crippen LogP contribution in [0.5, 0.6) is 0 Å². The summed E-state index contributed by atoms with van der Waals surface area (Å²) in [5, 5.41) is 9.15. The van der Waals surface area contributed by atoms with Crippen LogP contribution in [-0.4, -0.2) is 5.78 Å². The van der Waals surface area contributed by atoms with Gasteiger partial charge in [0.25, 0.3) is 0 Å². The van der Waals surface area contributed by atoms with Crippen LogP contribution in [0.2, 0.25) is 0 Å². The Labute approximate surface area is 122 Å². The van der Waals surface area contributed by atoms with Crippen LogP contribution in [0.1, 0.15) is 11.5 Å². The van der Waals surface area contributed by atoms with Crippen LogP contribution in [0.3, 0.4) is 0 Å². The summed E-state index contributed by atoms with van der Waals surface area (Å²) in [5.74, 6) is -0.793. The Morgan fingerprint density at radius 2 is 1.68 bits per heavy atom. The van der Waals surface area contributed by atoms with Gasteiger partial charge in [0, 0.05) is 12.1 Å². The summed E-state index contributed by atoms with van der Waals surface area (Å²) in [6.45, 7) is 0.216. The summed E-state index contributed by atoms with van der Waals surface area (Å²) in [6.07, 6.45) is 3.63. The number of nitrogens with zero attached hydrogens (tertiary/aromatic N) is 2. The molecule has 1 unspecified atom stereocenters. The minimum Gasteiger partial charge on any atom is -1.00 e. The molecule has 0 saturated carbocycles. The summed E-state index contributed by atoms with van der Waals surface area (Å²) in [6, 6.07) is 16.8. The summed E-state index contributed by atoms with van der Waals surface area (Å²) in [5.41, 5.74) is 0.751. The normalized spacial score (nSPS) is 10.9. The number of carbonyl (C=O) groups excluding carboxylic acids is 1. The molecule has 2 aromatic rings. The first-order chi connectivity index (χ1) is 8.81. The first kappa shape index (κ1) is 15.1. The van der Waals surface area contributed by atoms with E-state index in [-0.39, 0.29) is 29.3 Å². The van der Waals surface area contributed by atoms with Crippen LogP contribution in [0.15, 0.2) is 60.9 Å². The van der Waals surface area contributed by atoms with Crippen molar-refractivity contribution in [3.8, 4) is 6.07 Å². The molecule has 1 aromatic heterocycles. The van der Waals surface area contributed by atoms with E-state index in [0.717, 1.165) is 5.56 Å². The zero-order valence-electron chi connectivity index (χ0n) is 10.2. The van der Waals surface area contributed by atoms with E-state index in [1.807, 2.05) is 48.8 Å². The first-order valence-corrected chi connectivity index (χ1v) is 5.72. The van der Waals surface area contributed by atoms with Gasteiger partial charge in [-0.3, -0.25) is 4.79 Å². The molecule has 0 aliphatic heterocycles. The molecule has 0 fully saturated rings. The molecular formula is C15H13BrN2O. The Morgan fingerprint density at radius 1 is 1.11 bits per heavy atom. The Bertz CT molecular complexity index is 564. The van der Waals surface area contributed by atoms with Crippen molar-refractivity contribution in [3.05, 3.63) is 66.5 Å². The molecule has 0 amide bonds. The van der Waals surface area contributed by atoms with Crippen LogP contribution in [0.25, 0.3) is 0 Å². The third kappa shape index (κ3) is 4.01. The highest BCUT2D eigenvalue weighted by Crippen LogP contribution is 2.15. The number of halogens is 1. The van der Waals surface area contributed by atoms with Crippen LogP contribution >= 0.6 is 0 Å². The number of Topliss-reactive ketones (excluding diaryl/α,β-unsaturated/α-hetero) is 1. The number of aromatic nitrogens is 1. The molecule has 0 spiro atoms. The van der Waals surface area contributed by atoms with Gasteiger partial charge in [0.05, 0.1) is 6.07 Å². The molecule has 2 rings (SSSR count). The molecule has 96 valence electrons. The minimum absolute atomic E-state index is 0. The third-order valence-electron chi connectivity index (χ3n) is 2.70. The van der Waals surface area contributed by atoms with Crippen molar-refractivity contribution in [1.29, 1.82) is 5.26 Å². The molecule has 4 heteroatoms. The lowest BCUT2D eigenvalue weighted by molar-refractivity contribution is -0.684. The Morgan fingerprint density at radius 3 is 2.26 bits per heavy atom. The second kappa shape index (κ2) is 7.45. The van der Waals surface area contributed by atoms with Gasteiger partial charge in [-0.1, -0.05) is 36.4 Å². The molecular weight excluding hydrogens is 304 g/mol. The first-order valence-electron chi connectivity index (χ1n) is 5.72. The number of carbonyl (C=O) groups is 1. The molecule has 1 aromatic carbocycles. The van der Waals surface area contributed by atoms with Crippen LogP contribution in [-0.2, 0) is 11.3 Å². The van der Waals surface area contributed by atoms with Crippen molar-refractivity contribution in [2.45, 2.75) is 12.5 Å². The fourth-order valence-electron chi connectivity index (χ4n) is 1.79. The summed E-state index contributed by atoms with van der Waals surface area (Å²) >= 11 is 0. The SMILES string of the molecule is N#CC(C(=O)C[n+]1ccccc1)c1ccccc1.[Br-]. The van der Waals surface area contributed by atoms with Gasteiger partial charge in [-0.05, 0) is 5.56 Å². The van der Waals surface area contributed by atoms with Crippen molar-refractivity contribution in [1.82, 2.24) is 0 Å². The molecule has 0 N–H and O–H groups in total. The average Bonchev–Trinajstić information content (AvgIpc) is 2.42. The lowest BCUT2D eigenvalue weighted by Crippen LogP contribution is -3.00. The minimum atomic E-state index is -0.695. The molecule has 19 heavy (non-hydrogen) atoms. The van der Waals surface area contributed by atoms with Gasteiger partial charge in [-0.15, -0.1) is 0 Å². The van der Waals surface area contributed by atoms with E-state index in [1.165, 1.54) is 0 Å². The van der Waals surface area contributed by atoms with Gasteiger partial charge in [0.15, 0.2) is 12.4 Å². The molecule has 0 radical (unpaired) electrons. The van der Waals surface area contributed by atoms with Crippen molar-refractivity contribution < 1.29 is 26.3 Å². The van der Waals surface area contributed by atoms with E-state index in [2.05, 4.69) is 6.07 Å². The maximum absolute atomic E-state index is 12.1. The fourth-order valence-corrected chi connectivity index (χ4v) is 1.79. The smallest absolute Gasteiger partial charge is 0.218 e. The predicted molar refractivity (Wildman–Crippen MR) is 66.4 cm³/mol. The number of nitriles is 1. The van der Waals surface area contributed by atoms with Crippen molar-refractivity contribution >= 4 is 5.78 Å². The monoisotopic (exact) mass is 316 g/mol. The van der Waals surface area contributed by atoms with E-state index >= 15 is 0 Å². The molecule has 0 saturated heterocycles. The predicted octanol–water partition coefficient (Wildman–Crippen LogP) is -1.15. The van der Waals surface area contributed by atoms with Gasteiger partial charge in [0.2, 0.25) is 12.3 Å². The second-order valence-electron chi connectivity index (χ2n) is 3.99. The molecule has 0 aliphatic rings. The Hall–Kier alpha value is -1.99. The zero-order chi connectivity index (χ0) is 12.8. The lowest BCUT2D eigenvalue weighted by atomic mass is 9.96. The standard InChI is InChI=1S/C15H13N2O.BrH/c16-11-14(13-7-3-1-4-8-13)15(18)12-17-9-5-2-6-10-17;/h1-10,14H,12H2;1H/q+1;/p-1. The van der Waals surface area contributed by atoms with Gasteiger partial charge in [-0.2, -0.15) is 9.83 Å². The van der Waals surface area contributed by atoms with Crippen molar-refractivity contribution in [2.24, 2.45) is 0 Å². The molecule has 0 bridgehead atoms. The summed E-state index contributed by atoms with van der Waals surface area (Å²) in [4.78, 5) is 12.1. The van der Waals surface area contributed by atoms with Gasteiger partial charge < -0.3 is 17.0 Å². The van der Waals surface area contributed by atoms with Crippen molar-refractivity contribution in [2.75, 3.05) is 0 Å². The van der Waals surface area contributed by atoms with Crippen molar-refractivity contribution in [3.63, 3.8) is 0 Å². The topological polar surface area (TPSA) is 44.7 Å². The maximum Gasteiger partial charge on any atom is 0.218 e. The van der Waals surface area contributed by atoms with Gasteiger partial charge in [-0.25, -0.2) is 0 Å². The maximum atomic E-state index is 12.1. The van der Waals surface area contributed by atoms with Crippen LogP contribution < -0.4 is 21.5 Å². The average molecular weight is 317 g/mol. The van der Waals surface area contributed by atoms with E-state index in [4.69, 9.17) is 5.26 Å². The highest BCUT2D eigenvalue weighted by Gasteiger charge is 2.22. The molecule has 1 heterocycles. The van der Waals surface area contributed by atoms with E-state index in [1.54, 1.807) is 16.7 Å². The summed E-state index contributed by atoms with van der Waals surface area (Å²) < 4.78 is 1.77. The highest BCUT2D eigenvalue weighted by atomic mass is 79.9. The number of pyridine rings is 1. The Balaban J connectivity index is 0.00000180. The van der Waals surface area contributed by atoms with Crippen LogP contribution in [0, 0.1) is 11.3 Å². The number of benzene rings is 1. The largest absolute Gasteiger partial charge is 1.00 e. The second-order valence-corrected chi connectivity index (χ2v) is 3.99. The number of rotatable bonds is 4. The molecule has 3 nitrogen and oxygen atoms in total. The molecule has 1 atom stereocenters. The van der Waals surface area contributed by atoms with Crippen LogP contribution in [0.4, 0.5) is 0 Å². The Kier molecular flexibility index (Phi) is 5.91. The number of ketones is 1.